The van der Waals surface area contributed by atoms with E-state index in [0.29, 0.717) is 0 Å². The monoisotopic (exact) mass is 152 g/mol. The molecule has 0 aliphatic carbocycles. The Morgan fingerprint density at radius 2 is 2.27 bits per heavy atom. The lowest BCUT2D eigenvalue weighted by atomic mass is 10.2. The minimum absolute atomic E-state index is 0.0347. The molecular formula is C6H8N4O. The number of rotatable bonds is 1. The standard InChI is InChI=1S/C6H8N4O/c7-3-1-2-10-6(11)4(3)5(8)9/h1-2H,(H3,8,9)(H3,7,10,11). The van der Waals surface area contributed by atoms with Crippen LogP contribution >= 0.6 is 0 Å². The van der Waals surface area contributed by atoms with E-state index >= 15 is 0 Å². The highest BCUT2D eigenvalue weighted by Crippen LogP contribution is 2.01. The summed E-state index contributed by atoms with van der Waals surface area (Å²) in [5, 5.41) is 6.99. The van der Waals surface area contributed by atoms with Crippen LogP contribution in [0.15, 0.2) is 17.1 Å². The fourth-order valence-corrected chi connectivity index (χ4v) is 0.772. The van der Waals surface area contributed by atoms with Gasteiger partial charge in [-0.2, -0.15) is 0 Å². The highest BCUT2D eigenvalue weighted by molar-refractivity contribution is 5.99. The summed E-state index contributed by atoms with van der Waals surface area (Å²) in [5.41, 5.74) is 10.3. The van der Waals surface area contributed by atoms with Crippen LogP contribution in [0.2, 0.25) is 0 Å². The molecule has 0 amide bonds. The minimum Gasteiger partial charge on any atom is -0.398 e. The highest BCUT2D eigenvalue weighted by Gasteiger charge is 2.05. The lowest BCUT2D eigenvalue weighted by molar-refractivity contribution is 1.22. The number of nitrogen functional groups attached to an aromatic ring is 2. The molecule has 11 heavy (non-hydrogen) atoms. The van der Waals surface area contributed by atoms with Crippen molar-refractivity contribution in [3.05, 3.63) is 28.2 Å². The maximum Gasteiger partial charge on any atom is 0.261 e. The molecule has 0 saturated heterocycles. The molecule has 0 fully saturated rings. The van der Waals surface area contributed by atoms with Gasteiger partial charge in [-0.15, -0.1) is 0 Å². The van der Waals surface area contributed by atoms with Gasteiger partial charge in [0.25, 0.3) is 5.56 Å². The summed E-state index contributed by atoms with van der Waals surface area (Å²) in [5.74, 6) is -0.315. The maximum absolute atomic E-state index is 10.9. The molecular weight excluding hydrogens is 144 g/mol. The van der Waals surface area contributed by atoms with E-state index in [1.54, 1.807) is 0 Å². The largest absolute Gasteiger partial charge is 0.398 e. The second kappa shape index (κ2) is 2.45. The summed E-state index contributed by atoms with van der Waals surface area (Å²) >= 11 is 0. The summed E-state index contributed by atoms with van der Waals surface area (Å²) in [6.07, 6.45) is 1.41. The second-order valence-electron chi connectivity index (χ2n) is 2.05. The summed E-state index contributed by atoms with van der Waals surface area (Å²) in [4.78, 5) is 13.3. The third-order valence-electron chi connectivity index (χ3n) is 1.26. The van der Waals surface area contributed by atoms with Crippen molar-refractivity contribution in [1.82, 2.24) is 4.98 Å². The van der Waals surface area contributed by atoms with Crippen molar-refractivity contribution in [2.45, 2.75) is 0 Å². The third kappa shape index (κ3) is 1.21. The van der Waals surface area contributed by atoms with Crippen LogP contribution in [0.25, 0.3) is 0 Å². The Morgan fingerprint density at radius 3 is 2.64 bits per heavy atom. The number of nitrogens with one attached hydrogen (secondary N) is 2. The molecule has 0 atom stereocenters. The van der Waals surface area contributed by atoms with E-state index in [1.807, 2.05) is 0 Å². The minimum atomic E-state index is -0.433. The van der Waals surface area contributed by atoms with Crippen LogP contribution in [0.1, 0.15) is 5.56 Å². The van der Waals surface area contributed by atoms with Crippen molar-refractivity contribution in [2.24, 2.45) is 5.73 Å². The zero-order valence-corrected chi connectivity index (χ0v) is 5.72. The number of aromatic amines is 1. The topological polar surface area (TPSA) is 109 Å². The molecule has 1 rings (SSSR count). The van der Waals surface area contributed by atoms with E-state index in [9.17, 15) is 4.79 Å². The van der Waals surface area contributed by atoms with E-state index in [2.05, 4.69) is 4.98 Å². The zero-order chi connectivity index (χ0) is 8.43. The predicted molar refractivity (Wildman–Crippen MR) is 42.5 cm³/mol. The van der Waals surface area contributed by atoms with Gasteiger partial charge in [0.15, 0.2) is 0 Å². The van der Waals surface area contributed by atoms with Crippen LogP contribution in [0, 0.1) is 5.41 Å². The molecule has 0 aliphatic rings. The van der Waals surface area contributed by atoms with Gasteiger partial charge in [-0.25, -0.2) is 0 Å². The number of anilines is 1. The van der Waals surface area contributed by atoms with Crippen LogP contribution in [0.5, 0.6) is 0 Å². The molecule has 5 heteroatoms. The summed E-state index contributed by atoms with van der Waals surface area (Å²) in [6, 6.07) is 1.48. The summed E-state index contributed by atoms with van der Waals surface area (Å²) < 4.78 is 0. The third-order valence-corrected chi connectivity index (χ3v) is 1.26. The van der Waals surface area contributed by atoms with E-state index in [0.717, 1.165) is 0 Å². The predicted octanol–water partition coefficient (Wildman–Crippen LogP) is -0.759. The van der Waals surface area contributed by atoms with Gasteiger partial charge in [-0.1, -0.05) is 0 Å². The van der Waals surface area contributed by atoms with Gasteiger partial charge >= 0.3 is 0 Å². The Morgan fingerprint density at radius 1 is 1.64 bits per heavy atom. The Balaban J connectivity index is 3.45. The number of H-pyrrole nitrogens is 1. The van der Waals surface area contributed by atoms with Crippen LogP contribution in [-0.2, 0) is 0 Å². The van der Waals surface area contributed by atoms with Crippen LogP contribution in [0.4, 0.5) is 5.69 Å². The van der Waals surface area contributed by atoms with E-state index in [1.165, 1.54) is 12.3 Å². The summed E-state index contributed by atoms with van der Waals surface area (Å²) in [6.45, 7) is 0. The van der Waals surface area contributed by atoms with Gasteiger partial charge in [0, 0.05) is 11.9 Å². The first-order chi connectivity index (χ1) is 5.13. The molecule has 6 N–H and O–H groups in total. The second-order valence-corrected chi connectivity index (χ2v) is 2.05. The molecule has 0 saturated carbocycles. The molecule has 0 unspecified atom stereocenters. The molecule has 1 aromatic heterocycles. The quantitative estimate of drug-likeness (QED) is 0.313. The Bertz CT molecular complexity index is 341. The number of pyridine rings is 1. The average Bonchev–Trinajstić information content (AvgIpc) is 1.85. The molecule has 0 radical (unpaired) electrons. The lowest BCUT2D eigenvalue weighted by Gasteiger charge is -1.99. The van der Waals surface area contributed by atoms with Gasteiger partial charge in [0.2, 0.25) is 0 Å². The van der Waals surface area contributed by atoms with Crippen molar-refractivity contribution >= 4 is 11.5 Å². The number of aromatic nitrogens is 1. The normalized spacial score (nSPS) is 9.45. The van der Waals surface area contributed by atoms with Gasteiger partial charge in [0.1, 0.15) is 11.4 Å². The van der Waals surface area contributed by atoms with Crippen LogP contribution < -0.4 is 17.0 Å². The average molecular weight is 152 g/mol. The maximum atomic E-state index is 10.9. The van der Waals surface area contributed by atoms with Crippen LogP contribution in [0.3, 0.4) is 0 Å². The Labute approximate surface area is 62.5 Å². The van der Waals surface area contributed by atoms with Crippen molar-refractivity contribution < 1.29 is 0 Å². The molecule has 0 bridgehead atoms. The number of hydrogen-bond donors (Lipinski definition) is 4. The van der Waals surface area contributed by atoms with Gasteiger partial charge in [-0.05, 0) is 6.07 Å². The first-order valence-electron chi connectivity index (χ1n) is 2.94. The van der Waals surface area contributed by atoms with E-state index in [-0.39, 0.29) is 17.1 Å². The molecule has 0 spiro atoms. The Kier molecular flexibility index (Phi) is 1.63. The smallest absolute Gasteiger partial charge is 0.261 e. The van der Waals surface area contributed by atoms with Gasteiger partial charge in [-0.3, -0.25) is 10.2 Å². The molecule has 1 heterocycles. The van der Waals surface area contributed by atoms with E-state index in [4.69, 9.17) is 16.9 Å². The number of amidine groups is 1. The Hall–Kier alpha value is -1.78. The first-order valence-corrected chi connectivity index (χ1v) is 2.94. The molecule has 58 valence electrons. The number of hydrogen-bond acceptors (Lipinski definition) is 3. The SMILES string of the molecule is N=C(N)c1c(N)cc[nH]c1=O. The van der Waals surface area contributed by atoms with Gasteiger partial charge < -0.3 is 16.5 Å². The fourth-order valence-electron chi connectivity index (χ4n) is 0.772. The number of nitrogens with two attached hydrogens (primary N) is 2. The highest BCUT2D eigenvalue weighted by atomic mass is 16.1. The molecule has 5 nitrogen and oxygen atoms in total. The summed E-state index contributed by atoms with van der Waals surface area (Å²) in [7, 11) is 0. The van der Waals surface area contributed by atoms with Crippen molar-refractivity contribution in [2.75, 3.05) is 5.73 Å². The molecule has 1 aromatic rings. The first kappa shape index (κ1) is 7.33. The van der Waals surface area contributed by atoms with Crippen LogP contribution in [-0.4, -0.2) is 10.8 Å². The molecule has 0 aromatic carbocycles. The molecule has 0 aliphatic heterocycles. The fraction of sp³-hybridized carbons (Fsp3) is 0. The lowest BCUT2D eigenvalue weighted by Crippen LogP contribution is -2.24. The van der Waals surface area contributed by atoms with E-state index < -0.39 is 5.56 Å². The van der Waals surface area contributed by atoms with Crippen molar-refractivity contribution in [1.29, 1.82) is 5.41 Å². The zero-order valence-electron chi connectivity index (χ0n) is 5.72. The van der Waals surface area contributed by atoms with Gasteiger partial charge in [0.05, 0.1) is 0 Å². The van der Waals surface area contributed by atoms with Crippen molar-refractivity contribution in [3.8, 4) is 0 Å². The van der Waals surface area contributed by atoms with Crippen molar-refractivity contribution in [3.63, 3.8) is 0 Å².